The second-order valence-corrected chi connectivity index (χ2v) is 7.05. The van der Waals surface area contributed by atoms with Crippen LogP contribution in [0.15, 0.2) is 0 Å². The van der Waals surface area contributed by atoms with E-state index in [-0.39, 0.29) is 18.4 Å². The molecule has 2 bridgehead atoms. The van der Waals surface area contributed by atoms with Crippen LogP contribution in [0, 0.1) is 23.7 Å². The van der Waals surface area contributed by atoms with E-state index in [4.69, 9.17) is 5.11 Å². The van der Waals surface area contributed by atoms with Crippen LogP contribution in [-0.2, 0) is 10.0 Å². The number of fused-ring (bicyclic) bond motifs is 5. The van der Waals surface area contributed by atoms with E-state index in [0.717, 1.165) is 11.8 Å². The standard InChI is InChI=1S/C10H17NO3S/c12-3-4-15(13,14)11-10-8-6-1-2-7(5-6)9(8)10/h6-12H,1-5H2. The van der Waals surface area contributed by atoms with Gasteiger partial charge in [0, 0.05) is 6.04 Å². The van der Waals surface area contributed by atoms with Crippen molar-refractivity contribution in [1.82, 2.24) is 4.72 Å². The van der Waals surface area contributed by atoms with Crippen LogP contribution in [0.2, 0.25) is 0 Å². The molecular weight excluding hydrogens is 214 g/mol. The highest BCUT2D eigenvalue weighted by atomic mass is 32.2. The number of sulfonamides is 1. The molecule has 0 aromatic rings. The lowest BCUT2D eigenvalue weighted by Gasteiger charge is -2.10. The van der Waals surface area contributed by atoms with Gasteiger partial charge in [-0.15, -0.1) is 0 Å². The first kappa shape index (κ1) is 10.1. The first-order valence-corrected chi connectivity index (χ1v) is 7.38. The van der Waals surface area contributed by atoms with Crippen molar-refractivity contribution in [2.45, 2.75) is 25.3 Å². The Morgan fingerprint density at radius 2 is 1.80 bits per heavy atom. The second-order valence-electron chi connectivity index (χ2n) is 5.17. The number of hydrogen-bond acceptors (Lipinski definition) is 3. The molecule has 0 spiro atoms. The van der Waals surface area contributed by atoms with Crippen LogP contribution >= 0.6 is 0 Å². The molecule has 0 radical (unpaired) electrons. The van der Waals surface area contributed by atoms with E-state index < -0.39 is 10.0 Å². The highest BCUT2D eigenvalue weighted by Crippen LogP contribution is 2.65. The minimum atomic E-state index is -3.23. The third-order valence-electron chi connectivity index (χ3n) is 4.41. The molecular formula is C10H17NO3S. The van der Waals surface area contributed by atoms with Gasteiger partial charge in [0.05, 0.1) is 12.4 Å². The maximum atomic E-state index is 11.5. The van der Waals surface area contributed by atoms with Gasteiger partial charge in [-0.25, -0.2) is 13.1 Å². The first-order valence-electron chi connectivity index (χ1n) is 5.73. The summed E-state index contributed by atoms with van der Waals surface area (Å²) in [5.74, 6) is 2.65. The van der Waals surface area contributed by atoms with Gasteiger partial charge in [-0.1, -0.05) is 0 Å². The Balaban J connectivity index is 1.64. The SMILES string of the molecule is O=S(=O)(CCO)NC1C2C3CCC(C3)C12. The summed E-state index contributed by atoms with van der Waals surface area (Å²) in [6.45, 7) is -0.287. The van der Waals surface area contributed by atoms with Gasteiger partial charge >= 0.3 is 0 Å². The van der Waals surface area contributed by atoms with Crippen molar-refractivity contribution < 1.29 is 13.5 Å². The van der Waals surface area contributed by atoms with Crippen molar-refractivity contribution in [1.29, 1.82) is 0 Å². The fraction of sp³-hybridized carbons (Fsp3) is 1.00. The molecule has 4 nitrogen and oxygen atoms in total. The predicted molar refractivity (Wildman–Crippen MR) is 55.6 cm³/mol. The Morgan fingerprint density at radius 3 is 2.33 bits per heavy atom. The largest absolute Gasteiger partial charge is 0.395 e. The first-order chi connectivity index (χ1) is 7.12. The van der Waals surface area contributed by atoms with E-state index in [2.05, 4.69) is 4.72 Å². The average molecular weight is 231 g/mol. The highest BCUT2D eigenvalue weighted by Gasteiger charge is 2.65. The summed E-state index contributed by atoms with van der Waals surface area (Å²) in [5.41, 5.74) is 0. The topological polar surface area (TPSA) is 66.4 Å². The van der Waals surface area contributed by atoms with E-state index in [1.165, 1.54) is 19.3 Å². The summed E-state index contributed by atoms with van der Waals surface area (Å²) in [4.78, 5) is 0. The van der Waals surface area contributed by atoms with Crippen LogP contribution < -0.4 is 4.72 Å². The van der Waals surface area contributed by atoms with Gasteiger partial charge in [-0.05, 0) is 42.9 Å². The number of aliphatic hydroxyl groups is 1. The van der Waals surface area contributed by atoms with Gasteiger partial charge < -0.3 is 5.11 Å². The molecule has 0 aromatic carbocycles. The summed E-state index contributed by atoms with van der Waals surface area (Å²) >= 11 is 0. The van der Waals surface area contributed by atoms with Gasteiger partial charge in [-0.2, -0.15) is 0 Å². The lowest BCUT2D eigenvalue weighted by molar-refractivity contribution is 0.319. The van der Waals surface area contributed by atoms with Crippen molar-refractivity contribution in [3.63, 3.8) is 0 Å². The van der Waals surface area contributed by atoms with Crippen molar-refractivity contribution in [2.75, 3.05) is 12.4 Å². The van der Waals surface area contributed by atoms with Gasteiger partial charge in [-0.3, -0.25) is 0 Å². The molecule has 4 atom stereocenters. The van der Waals surface area contributed by atoms with E-state index in [0.29, 0.717) is 11.8 Å². The smallest absolute Gasteiger partial charge is 0.214 e. The minimum absolute atomic E-state index is 0.154. The summed E-state index contributed by atoms with van der Waals surface area (Å²) in [5, 5.41) is 8.64. The van der Waals surface area contributed by atoms with Crippen LogP contribution in [0.4, 0.5) is 0 Å². The molecule has 5 heteroatoms. The number of nitrogens with one attached hydrogen (secondary N) is 1. The third-order valence-corrected chi connectivity index (χ3v) is 5.76. The second kappa shape index (κ2) is 3.18. The maximum Gasteiger partial charge on any atom is 0.214 e. The Kier molecular flexibility index (Phi) is 2.13. The molecule has 2 N–H and O–H groups in total. The summed E-state index contributed by atoms with van der Waals surface area (Å²) in [7, 11) is -3.23. The monoisotopic (exact) mass is 231 g/mol. The van der Waals surface area contributed by atoms with E-state index in [1.54, 1.807) is 0 Å². The molecule has 86 valence electrons. The van der Waals surface area contributed by atoms with E-state index in [9.17, 15) is 8.42 Å². The fourth-order valence-corrected chi connectivity index (χ4v) is 4.96. The molecule has 3 saturated carbocycles. The van der Waals surface area contributed by atoms with Crippen LogP contribution in [0.1, 0.15) is 19.3 Å². The molecule has 0 amide bonds. The van der Waals surface area contributed by atoms with Gasteiger partial charge in [0.1, 0.15) is 0 Å². The zero-order valence-electron chi connectivity index (χ0n) is 8.59. The lowest BCUT2D eigenvalue weighted by atomic mass is 10.0. The Hall–Kier alpha value is -0.130. The van der Waals surface area contributed by atoms with Crippen molar-refractivity contribution >= 4 is 10.0 Å². The summed E-state index contributed by atoms with van der Waals surface area (Å²) < 4.78 is 25.7. The molecule has 3 aliphatic rings. The van der Waals surface area contributed by atoms with Crippen LogP contribution in [0.3, 0.4) is 0 Å². The zero-order chi connectivity index (χ0) is 10.6. The maximum absolute atomic E-state index is 11.5. The number of rotatable bonds is 4. The van der Waals surface area contributed by atoms with Gasteiger partial charge in [0.2, 0.25) is 10.0 Å². The van der Waals surface area contributed by atoms with Crippen molar-refractivity contribution in [3.8, 4) is 0 Å². The number of hydrogen-bond donors (Lipinski definition) is 2. The Morgan fingerprint density at radius 1 is 1.20 bits per heavy atom. The predicted octanol–water partition coefficient (Wildman–Crippen LogP) is -0.0574. The van der Waals surface area contributed by atoms with Gasteiger partial charge in [0.15, 0.2) is 0 Å². The molecule has 3 aliphatic carbocycles. The third kappa shape index (κ3) is 1.52. The van der Waals surface area contributed by atoms with Crippen LogP contribution in [0.5, 0.6) is 0 Å². The van der Waals surface area contributed by atoms with Crippen LogP contribution in [-0.4, -0.2) is 31.9 Å². The number of aliphatic hydroxyl groups excluding tert-OH is 1. The molecule has 4 unspecified atom stereocenters. The van der Waals surface area contributed by atoms with E-state index in [1.807, 2.05) is 0 Å². The normalized spacial score (nSPS) is 46.9. The minimum Gasteiger partial charge on any atom is -0.395 e. The Labute approximate surface area is 90.1 Å². The lowest BCUT2D eigenvalue weighted by Crippen LogP contribution is -2.33. The fourth-order valence-electron chi connectivity index (χ4n) is 3.87. The molecule has 3 fully saturated rings. The molecule has 0 aromatic heterocycles. The van der Waals surface area contributed by atoms with Gasteiger partial charge in [0.25, 0.3) is 0 Å². The van der Waals surface area contributed by atoms with Crippen molar-refractivity contribution in [2.24, 2.45) is 23.7 Å². The zero-order valence-corrected chi connectivity index (χ0v) is 9.41. The molecule has 3 rings (SSSR count). The Bertz CT molecular complexity index is 351. The quantitative estimate of drug-likeness (QED) is 0.712. The molecule has 0 aliphatic heterocycles. The molecule has 15 heavy (non-hydrogen) atoms. The molecule has 0 saturated heterocycles. The van der Waals surface area contributed by atoms with Crippen LogP contribution in [0.25, 0.3) is 0 Å². The summed E-state index contributed by atoms with van der Waals surface area (Å²) in [6.07, 6.45) is 3.92. The molecule has 0 heterocycles. The average Bonchev–Trinajstić information content (AvgIpc) is 2.60. The van der Waals surface area contributed by atoms with Crippen molar-refractivity contribution in [3.05, 3.63) is 0 Å². The summed E-state index contributed by atoms with van der Waals surface area (Å²) in [6, 6.07) is 0.202. The highest BCUT2D eigenvalue weighted by molar-refractivity contribution is 7.89. The van der Waals surface area contributed by atoms with E-state index >= 15 is 0 Å².